The minimum atomic E-state index is -1.08. The van der Waals surface area contributed by atoms with E-state index in [1.807, 2.05) is 6.92 Å². The minimum absolute atomic E-state index is 0.110. The molecule has 1 aliphatic heterocycles. The zero-order valence-electron chi connectivity index (χ0n) is 12.7. The van der Waals surface area contributed by atoms with Gasteiger partial charge >= 0.3 is 5.97 Å². The second kappa shape index (κ2) is 6.57. The van der Waals surface area contributed by atoms with Gasteiger partial charge in [-0.05, 0) is 31.9 Å². The molecular weight excluding hydrogens is 307 g/mol. The summed E-state index contributed by atoms with van der Waals surface area (Å²) in [6, 6.07) is 7.08. The number of carboxylic acids is 1. The first-order valence-corrected chi connectivity index (χ1v) is 7.70. The summed E-state index contributed by atoms with van der Waals surface area (Å²) < 4.78 is 14.4. The van der Waals surface area contributed by atoms with Crippen LogP contribution >= 0.6 is 11.6 Å². The first-order valence-electron chi connectivity index (χ1n) is 7.32. The van der Waals surface area contributed by atoms with Crippen molar-refractivity contribution < 1.29 is 14.3 Å². The molecule has 0 saturated heterocycles. The molecule has 0 amide bonds. The van der Waals surface area contributed by atoms with Crippen molar-refractivity contribution in [2.24, 2.45) is 0 Å². The maximum absolute atomic E-state index is 14.4. The van der Waals surface area contributed by atoms with Crippen molar-refractivity contribution >= 4 is 23.3 Å². The lowest BCUT2D eigenvalue weighted by Gasteiger charge is -2.38. The maximum Gasteiger partial charge on any atom is 0.309 e. The number of hydrogen-bond donors (Lipinski definition) is 2. The van der Waals surface area contributed by atoms with Crippen LogP contribution in [0.25, 0.3) is 0 Å². The lowest BCUT2D eigenvalue weighted by atomic mass is 10.0. The van der Waals surface area contributed by atoms with Crippen LogP contribution in [0.5, 0.6) is 0 Å². The van der Waals surface area contributed by atoms with Crippen molar-refractivity contribution in [2.75, 3.05) is 4.90 Å². The Morgan fingerprint density at radius 1 is 1.45 bits per heavy atom. The van der Waals surface area contributed by atoms with E-state index in [1.165, 1.54) is 0 Å². The Balaban J connectivity index is 2.47. The zero-order chi connectivity index (χ0) is 16.3. The van der Waals surface area contributed by atoms with E-state index in [4.69, 9.17) is 16.7 Å². The Labute approximate surface area is 134 Å². The van der Waals surface area contributed by atoms with Crippen molar-refractivity contribution in [3.8, 4) is 0 Å². The number of para-hydroxylation sites is 1. The first-order chi connectivity index (χ1) is 10.4. The summed E-state index contributed by atoms with van der Waals surface area (Å²) in [7, 11) is 0. The molecule has 0 fully saturated rings. The monoisotopic (exact) mass is 326 g/mol. The summed E-state index contributed by atoms with van der Waals surface area (Å²) in [5.74, 6) is -1.68. The predicted octanol–water partition coefficient (Wildman–Crippen LogP) is 4.27. The third-order valence-corrected chi connectivity index (χ3v) is 4.14. The topological polar surface area (TPSA) is 52.6 Å². The normalized spacial score (nSPS) is 21.2. The second-order valence-electron chi connectivity index (χ2n) is 5.62. The number of unbranched alkanes of at least 4 members (excludes halogenated alkanes) is 1. The molecular formula is C16H20ClFN2O2. The van der Waals surface area contributed by atoms with Gasteiger partial charge in [0.25, 0.3) is 0 Å². The summed E-state index contributed by atoms with van der Waals surface area (Å²) in [5, 5.41) is 12.4. The first kappa shape index (κ1) is 16.6. The number of halogens is 2. The van der Waals surface area contributed by atoms with Crippen molar-refractivity contribution in [3.05, 3.63) is 40.9 Å². The number of benzene rings is 1. The van der Waals surface area contributed by atoms with E-state index in [2.05, 4.69) is 12.2 Å². The van der Waals surface area contributed by atoms with E-state index in [1.54, 1.807) is 29.2 Å². The van der Waals surface area contributed by atoms with Gasteiger partial charge in [0.15, 0.2) is 0 Å². The predicted molar refractivity (Wildman–Crippen MR) is 85.4 cm³/mol. The van der Waals surface area contributed by atoms with E-state index in [0.29, 0.717) is 17.1 Å². The van der Waals surface area contributed by atoms with Crippen LogP contribution in [0.4, 0.5) is 10.1 Å². The largest absolute Gasteiger partial charge is 0.481 e. The molecule has 120 valence electrons. The molecule has 1 atom stereocenters. The molecule has 1 unspecified atom stereocenters. The molecule has 22 heavy (non-hydrogen) atoms. The van der Waals surface area contributed by atoms with Gasteiger partial charge in [-0.2, -0.15) is 4.39 Å². The molecule has 4 nitrogen and oxygen atoms in total. The minimum Gasteiger partial charge on any atom is -0.481 e. The van der Waals surface area contributed by atoms with Gasteiger partial charge in [-0.25, -0.2) is 0 Å². The number of carbonyl (C=O) groups is 1. The molecule has 0 aromatic heterocycles. The third kappa shape index (κ3) is 3.19. The van der Waals surface area contributed by atoms with E-state index >= 15 is 0 Å². The van der Waals surface area contributed by atoms with Crippen LogP contribution < -0.4 is 10.2 Å². The Hall–Kier alpha value is -1.75. The van der Waals surface area contributed by atoms with Crippen molar-refractivity contribution in [1.29, 1.82) is 0 Å². The fraction of sp³-hybridized carbons (Fsp3) is 0.438. The highest BCUT2D eigenvalue weighted by atomic mass is 35.5. The summed E-state index contributed by atoms with van der Waals surface area (Å²) >= 11 is 6.25. The van der Waals surface area contributed by atoms with E-state index in [-0.39, 0.29) is 5.70 Å². The standard InChI is InChI=1S/C16H20ClFN2O2/c1-3-4-9-16(2)19-15(18)13(10-14(21)22)20(16)12-8-6-5-7-11(12)17/h5-8,19H,3-4,9-10H2,1-2H3,(H,21,22). The molecule has 6 heteroatoms. The molecule has 2 N–H and O–H groups in total. The number of nitrogens with one attached hydrogen (secondary N) is 1. The maximum atomic E-state index is 14.4. The number of aliphatic carboxylic acids is 1. The molecule has 1 heterocycles. The number of hydrogen-bond acceptors (Lipinski definition) is 3. The summed E-state index contributed by atoms with van der Waals surface area (Å²) in [4.78, 5) is 12.8. The highest BCUT2D eigenvalue weighted by molar-refractivity contribution is 6.33. The number of anilines is 1. The molecule has 1 aliphatic rings. The van der Waals surface area contributed by atoms with Crippen molar-refractivity contribution in [1.82, 2.24) is 5.32 Å². The van der Waals surface area contributed by atoms with Crippen molar-refractivity contribution in [3.63, 3.8) is 0 Å². The Kier molecular flexibility index (Phi) is 4.96. The van der Waals surface area contributed by atoms with Crippen LogP contribution in [0.15, 0.2) is 35.9 Å². The Morgan fingerprint density at radius 3 is 2.73 bits per heavy atom. The van der Waals surface area contributed by atoms with E-state index < -0.39 is 24.0 Å². The highest BCUT2D eigenvalue weighted by Crippen LogP contribution is 2.41. The Bertz CT molecular complexity index is 606. The third-order valence-electron chi connectivity index (χ3n) is 3.83. The number of rotatable bonds is 6. The van der Waals surface area contributed by atoms with Gasteiger partial charge < -0.3 is 15.3 Å². The molecule has 1 aromatic carbocycles. The molecule has 0 saturated carbocycles. The smallest absolute Gasteiger partial charge is 0.309 e. The van der Waals surface area contributed by atoms with Gasteiger partial charge in [-0.15, -0.1) is 0 Å². The van der Waals surface area contributed by atoms with Gasteiger partial charge in [0.1, 0.15) is 5.66 Å². The van der Waals surface area contributed by atoms with Crippen LogP contribution in [0.2, 0.25) is 5.02 Å². The fourth-order valence-corrected chi connectivity index (χ4v) is 3.02. The van der Waals surface area contributed by atoms with Gasteiger partial charge in [0, 0.05) is 0 Å². The molecule has 0 radical (unpaired) electrons. The van der Waals surface area contributed by atoms with Crippen LogP contribution in [-0.2, 0) is 4.79 Å². The number of nitrogens with zero attached hydrogens (tertiary/aromatic N) is 1. The molecule has 0 aliphatic carbocycles. The van der Waals surface area contributed by atoms with Gasteiger partial charge in [0.2, 0.25) is 5.95 Å². The van der Waals surface area contributed by atoms with Crippen molar-refractivity contribution in [2.45, 2.75) is 45.2 Å². The fourth-order valence-electron chi connectivity index (χ4n) is 2.80. The quantitative estimate of drug-likeness (QED) is 0.767. The second-order valence-corrected chi connectivity index (χ2v) is 6.03. The highest BCUT2D eigenvalue weighted by Gasteiger charge is 2.43. The lowest BCUT2D eigenvalue weighted by molar-refractivity contribution is -0.136. The van der Waals surface area contributed by atoms with Crippen LogP contribution in [0, 0.1) is 0 Å². The molecule has 2 rings (SSSR count). The van der Waals surface area contributed by atoms with Gasteiger partial charge in [-0.1, -0.05) is 37.1 Å². The van der Waals surface area contributed by atoms with Crippen LogP contribution in [0.3, 0.4) is 0 Å². The van der Waals surface area contributed by atoms with Gasteiger partial charge in [-0.3, -0.25) is 4.79 Å². The summed E-state index contributed by atoms with van der Waals surface area (Å²) in [5.41, 5.74) is -0.00560. The van der Waals surface area contributed by atoms with E-state index in [0.717, 1.165) is 12.8 Å². The van der Waals surface area contributed by atoms with E-state index in [9.17, 15) is 9.18 Å². The average molecular weight is 327 g/mol. The lowest BCUT2D eigenvalue weighted by Crippen LogP contribution is -2.50. The van der Waals surface area contributed by atoms with Gasteiger partial charge in [0.05, 0.1) is 22.8 Å². The number of carboxylic acid groups (broad SMARTS) is 1. The average Bonchev–Trinajstić information content (AvgIpc) is 2.69. The SMILES string of the molecule is CCCCC1(C)NC(F)=C(CC(=O)O)N1c1ccccc1Cl. The Morgan fingerprint density at radius 2 is 2.14 bits per heavy atom. The van der Waals surface area contributed by atoms with Crippen LogP contribution in [0.1, 0.15) is 39.5 Å². The summed E-state index contributed by atoms with van der Waals surface area (Å²) in [6.07, 6.45) is 2.12. The van der Waals surface area contributed by atoms with Crippen LogP contribution in [-0.4, -0.2) is 16.7 Å². The molecule has 1 aromatic rings. The zero-order valence-corrected chi connectivity index (χ0v) is 13.5. The summed E-state index contributed by atoms with van der Waals surface area (Å²) in [6.45, 7) is 3.92. The molecule has 0 bridgehead atoms. The molecule has 0 spiro atoms.